The fourth-order valence-electron chi connectivity index (χ4n) is 2.08. The zero-order valence-corrected chi connectivity index (χ0v) is 13.3. The Bertz CT molecular complexity index is 619. The number of hydrogen-bond donors (Lipinski definition) is 2. The van der Waals surface area contributed by atoms with Gasteiger partial charge in [-0.3, -0.25) is 11.3 Å². The van der Waals surface area contributed by atoms with Crippen LogP contribution in [0.5, 0.6) is 0 Å². The van der Waals surface area contributed by atoms with Crippen molar-refractivity contribution in [1.29, 1.82) is 0 Å². The SMILES string of the molecule is Cc1ccc(C(Cc2ccc(F)cc2Cl)NN)c(Br)c1. The molecule has 106 valence electrons. The van der Waals surface area contributed by atoms with Gasteiger partial charge in [0.25, 0.3) is 0 Å². The monoisotopic (exact) mass is 356 g/mol. The first-order valence-electron chi connectivity index (χ1n) is 6.17. The number of hydrogen-bond acceptors (Lipinski definition) is 2. The summed E-state index contributed by atoms with van der Waals surface area (Å²) in [6.07, 6.45) is 0.581. The molecule has 0 radical (unpaired) electrons. The van der Waals surface area contributed by atoms with Crippen LogP contribution in [0.3, 0.4) is 0 Å². The van der Waals surface area contributed by atoms with Gasteiger partial charge in [0.2, 0.25) is 0 Å². The normalized spacial score (nSPS) is 12.4. The van der Waals surface area contributed by atoms with Crippen LogP contribution >= 0.6 is 27.5 Å². The van der Waals surface area contributed by atoms with Crippen molar-refractivity contribution in [1.82, 2.24) is 5.43 Å². The largest absolute Gasteiger partial charge is 0.271 e. The van der Waals surface area contributed by atoms with Crippen molar-refractivity contribution >= 4 is 27.5 Å². The number of hydrazine groups is 1. The van der Waals surface area contributed by atoms with Crippen LogP contribution in [-0.4, -0.2) is 0 Å². The molecule has 0 aromatic heterocycles. The van der Waals surface area contributed by atoms with Crippen LogP contribution in [0.4, 0.5) is 4.39 Å². The van der Waals surface area contributed by atoms with Gasteiger partial charge in [0.1, 0.15) is 5.82 Å². The zero-order chi connectivity index (χ0) is 14.7. The second kappa shape index (κ2) is 6.68. The molecule has 2 aromatic carbocycles. The van der Waals surface area contributed by atoms with Gasteiger partial charge in [0.05, 0.1) is 6.04 Å². The van der Waals surface area contributed by atoms with Gasteiger partial charge in [-0.25, -0.2) is 4.39 Å². The van der Waals surface area contributed by atoms with E-state index in [9.17, 15) is 4.39 Å². The van der Waals surface area contributed by atoms with E-state index in [2.05, 4.69) is 21.4 Å². The van der Waals surface area contributed by atoms with E-state index in [-0.39, 0.29) is 11.9 Å². The van der Waals surface area contributed by atoms with E-state index in [1.807, 2.05) is 25.1 Å². The van der Waals surface area contributed by atoms with Gasteiger partial charge in [-0.1, -0.05) is 45.7 Å². The molecule has 1 unspecified atom stereocenters. The second-order valence-electron chi connectivity index (χ2n) is 4.68. The Balaban J connectivity index is 2.28. The van der Waals surface area contributed by atoms with Gasteiger partial charge < -0.3 is 0 Å². The van der Waals surface area contributed by atoms with Crippen LogP contribution in [0.25, 0.3) is 0 Å². The predicted molar refractivity (Wildman–Crippen MR) is 84.1 cm³/mol. The minimum atomic E-state index is -0.340. The van der Waals surface area contributed by atoms with Crippen molar-refractivity contribution in [3.8, 4) is 0 Å². The smallest absolute Gasteiger partial charge is 0.124 e. The van der Waals surface area contributed by atoms with E-state index >= 15 is 0 Å². The van der Waals surface area contributed by atoms with Crippen molar-refractivity contribution < 1.29 is 4.39 Å². The lowest BCUT2D eigenvalue weighted by atomic mass is 9.98. The molecule has 2 rings (SSSR count). The number of aryl methyl sites for hydroxylation is 1. The molecule has 0 spiro atoms. The molecule has 0 bridgehead atoms. The average Bonchev–Trinajstić information content (AvgIpc) is 2.39. The van der Waals surface area contributed by atoms with E-state index in [1.54, 1.807) is 6.07 Å². The van der Waals surface area contributed by atoms with Crippen molar-refractivity contribution in [2.45, 2.75) is 19.4 Å². The molecule has 0 aliphatic rings. The Kier molecular flexibility index (Phi) is 5.16. The van der Waals surface area contributed by atoms with Crippen molar-refractivity contribution in [3.63, 3.8) is 0 Å². The molecule has 0 saturated carbocycles. The Morgan fingerprint density at radius 1 is 1.30 bits per heavy atom. The number of halogens is 3. The summed E-state index contributed by atoms with van der Waals surface area (Å²) in [5, 5.41) is 0.411. The van der Waals surface area contributed by atoms with E-state index in [0.717, 1.165) is 21.2 Å². The van der Waals surface area contributed by atoms with Gasteiger partial charge in [-0.2, -0.15) is 0 Å². The molecule has 1 atom stereocenters. The summed E-state index contributed by atoms with van der Waals surface area (Å²) in [7, 11) is 0. The maximum absolute atomic E-state index is 13.1. The minimum absolute atomic E-state index is 0.104. The number of nitrogens with one attached hydrogen (secondary N) is 1. The molecule has 20 heavy (non-hydrogen) atoms. The first-order valence-corrected chi connectivity index (χ1v) is 7.34. The van der Waals surface area contributed by atoms with Gasteiger partial charge in [0.15, 0.2) is 0 Å². The second-order valence-corrected chi connectivity index (χ2v) is 5.95. The van der Waals surface area contributed by atoms with Crippen LogP contribution in [0.15, 0.2) is 40.9 Å². The fourth-order valence-corrected chi connectivity index (χ4v) is 3.09. The molecule has 0 saturated heterocycles. The first kappa shape index (κ1) is 15.4. The van der Waals surface area contributed by atoms with Crippen molar-refractivity contribution in [3.05, 3.63) is 68.4 Å². The van der Waals surface area contributed by atoms with Crippen LogP contribution in [-0.2, 0) is 6.42 Å². The Morgan fingerprint density at radius 2 is 2.05 bits per heavy atom. The number of nitrogens with two attached hydrogens (primary N) is 1. The summed E-state index contributed by atoms with van der Waals surface area (Å²) < 4.78 is 14.1. The minimum Gasteiger partial charge on any atom is -0.271 e. The topological polar surface area (TPSA) is 38.0 Å². The summed E-state index contributed by atoms with van der Waals surface area (Å²) >= 11 is 9.61. The maximum atomic E-state index is 13.1. The van der Waals surface area contributed by atoms with Crippen LogP contribution in [0, 0.1) is 12.7 Å². The van der Waals surface area contributed by atoms with E-state index in [1.165, 1.54) is 12.1 Å². The third kappa shape index (κ3) is 3.58. The molecule has 0 aliphatic heterocycles. The van der Waals surface area contributed by atoms with Gasteiger partial charge >= 0.3 is 0 Å². The molecule has 2 nitrogen and oxygen atoms in total. The highest BCUT2D eigenvalue weighted by Gasteiger charge is 2.15. The lowest BCUT2D eigenvalue weighted by Gasteiger charge is -2.19. The quantitative estimate of drug-likeness (QED) is 0.632. The molecule has 0 fully saturated rings. The highest BCUT2D eigenvalue weighted by Crippen LogP contribution is 2.29. The fraction of sp³-hybridized carbons (Fsp3) is 0.200. The van der Waals surface area contributed by atoms with Crippen LogP contribution < -0.4 is 11.3 Å². The summed E-state index contributed by atoms with van der Waals surface area (Å²) in [6.45, 7) is 2.02. The van der Waals surface area contributed by atoms with Crippen molar-refractivity contribution in [2.75, 3.05) is 0 Å². The molecular formula is C15H15BrClFN2. The Hall–Kier alpha value is -0.940. The van der Waals surface area contributed by atoms with Gasteiger partial charge in [-0.15, -0.1) is 0 Å². The molecule has 3 N–H and O–H groups in total. The highest BCUT2D eigenvalue weighted by atomic mass is 79.9. The molecule has 0 aliphatic carbocycles. The van der Waals surface area contributed by atoms with E-state index in [4.69, 9.17) is 17.4 Å². The van der Waals surface area contributed by atoms with Crippen LogP contribution in [0.2, 0.25) is 5.02 Å². The molecule has 2 aromatic rings. The average molecular weight is 358 g/mol. The first-order chi connectivity index (χ1) is 9.51. The standard InChI is InChI=1S/C15H15BrClFN2/c1-9-2-5-12(13(16)6-9)15(20-19)7-10-3-4-11(18)8-14(10)17/h2-6,8,15,20H,7,19H2,1H3. The summed E-state index contributed by atoms with van der Waals surface area (Å²) in [6, 6.07) is 10.4. The van der Waals surface area contributed by atoms with Gasteiger partial charge in [0, 0.05) is 9.50 Å². The molecule has 5 heteroatoms. The maximum Gasteiger partial charge on any atom is 0.124 e. The number of benzene rings is 2. The lowest BCUT2D eigenvalue weighted by Crippen LogP contribution is -2.30. The third-order valence-corrected chi connectivity index (χ3v) is 4.21. The summed E-state index contributed by atoms with van der Waals surface area (Å²) in [4.78, 5) is 0. The predicted octanol–water partition coefficient (Wildman–Crippen LogP) is 4.30. The van der Waals surface area contributed by atoms with Crippen LogP contribution in [0.1, 0.15) is 22.7 Å². The zero-order valence-electron chi connectivity index (χ0n) is 11.0. The van der Waals surface area contributed by atoms with E-state index in [0.29, 0.717) is 11.4 Å². The number of rotatable bonds is 4. The van der Waals surface area contributed by atoms with Crippen molar-refractivity contribution in [2.24, 2.45) is 5.84 Å². The molecular weight excluding hydrogens is 343 g/mol. The Morgan fingerprint density at radius 3 is 2.65 bits per heavy atom. The highest BCUT2D eigenvalue weighted by molar-refractivity contribution is 9.10. The third-order valence-electron chi connectivity index (χ3n) is 3.17. The Labute approximate surface area is 131 Å². The molecule has 0 amide bonds. The van der Waals surface area contributed by atoms with Gasteiger partial charge in [-0.05, 0) is 48.2 Å². The summed E-state index contributed by atoms with van der Waals surface area (Å²) in [5.41, 5.74) is 5.84. The molecule has 0 heterocycles. The van der Waals surface area contributed by atoms with E-state index < -0.39 is 0 Å². The summed E-state index contributed by atoms with van der Waals surface area (Å²) in [5.74, 6) is 5.31. The lowest BCUT2D eigenvalue weighted by molar-refractivity contribution is 0.549.